The quantitative estimate of drug-likeness (QED) is 0.857. The topological polar surface area (TPSA) is 35.5 Å². The third-order valence-electron chi connectivity index (χ3n) is 3.28. The van der Waals surface area contributed by atoms with E-state index in [-0.39, 0.29) is 5.78 Å². The molecule has 0 saturated carbocycles. The fourth-order valence-electron chi connectivity index (χ4n) is 2.33. The fourth-order valence-corrected chi connectivity index (χ4v) is 2.33. The molecule has 0 atom stereocenters. The van der Waals surface area contributed by atoms with Crippen molar-refractivity contribution in [2.24, 2.45) is 0 Å². The maximum atomic E-state index is 11.1. The lowest BCUT2D eigenvalue weighted by Crippen LogP contribution is -2.15. The van der Waals surface area contributed by atoms with Crippen molar-refractivity contribution in [1.82, 2.24) is 0 Å². The van der Waals surface area contributed by atoms with Gasteiger partial charge in [-0.3, -0.25) is 4.79 Å². The van der Waals surface area contributed by atoms with E-state index in [9.17, 15) is 4.79 Å². The molecule has 0 bridgehead atoms. The van der Waals surface area contributed by atoms with Crippen molar-refractivity contribution >= 4 is 5.78 Å². The van der Waals surface area contributed by atoms with Gasteiger partial charge >= 0.3 is 0 Å². The van der Waals surface area contributed by atoms with E-state index in [0.717, 1.165) is 28.2 Å². The van der Waals surface area contributed by atoms with Crippen LogP contribution in [-0.2, 0) is 11.2 Å². The highest BCUT2D eigenvalue weighted by Crippen LogP contribution is 2.34. The van der Waals surface area contributed by atoms with Crippen LogP contribution in [0.3, 0.4) is 0 Å². The molecule has 1 heterocycles. The summed E-state index contributed by atoms with van der Waals surface area (Å²) in [7, 11) is 0. The summed E-state index contributed by atoms with van der Waals surface area (Å²) in [4.78, 5) is 11.1. The summed E-state index contributed by atoms with van der Waals surface area (Å²) in [6.45, 7) is 2.80. The van der Waals surface area contributed by atoms with Gasteiger partial charge in [0.05, 0.1) is 0 Å². The van der Waals surface area contributed by atoms with Gasteiger partial charge in [0.15, 0.2) is 11.5 Å². The normalized spacial score (nSPS) is 13.1. The standard InChI is InChI=1S/C17H16O3/c1-12(18)10-13-2-4-14(5-3-13)15-6-7-16-17(11-15)20-9-8-19-16/h2-7,11H,8-10H2,1H3. The highest BCUT2D eigenvalue weighted by atomic mass is 16.6. The van der Waals surface area contributed by atoms with E-state index in [1.54, 1.807) is 6.92 Å². The van der Waals surface area contributed by atoms with Crippen molar-refractivity contribution in [3.63, 3.8) is 0 Å². The molecule has 0 saturated heterocycles. The fraction of sp³-hybridized carbons (Fsp3) is 0.235. The summed E-state index contributed by atoms with van der Waals surface area (Å²) in [5, 5.41) is 0. The maximum Gasteiger partial charge on any atom is 0.161 e. The van der Waals surface area contributed by atoms with Gasteiger partial charge in [-0.15, -0.1) is 0 Å². The van der Waals surface area contributed by atoms with Crippen LogP contribution in [0.4, 0.5) is 0 Å². The van der Waals surface area contributed by atoms with Crippen LogP contribution >= 0.6 is 0 Å². The number of Topliss-reactive ketones (excluding diaryl/α,β-unsaturated/α-hetero) is 1. The van der Waals surface area contributed by atoms with Crippen LogP contribution in [0.25, 0.3) is 11.1 Å². The first-order chi connectivity index (χ1) is 9.72. The lowest BCUT2D eigenvalue weighted by Gasteiger charge is -2.19. The first-order valence-electron chi connectivity index (χ1n) is 6.71. The Bertz CT molecular complexity index is 629. The van der Waals surface area contributed by atoms with Gasteiger partial charge in [0.1, 0.15) is 19.0 Å². The second-order valence-corrected chi connectivity index (χ2v) is 4.93. The second-order valence-electron chi connectivity index (χ2n) is 4.93. The van der Waals surface area contributed by atoms with Crippen molar-refractivity contribution < 1.29 is 14.3 Å². The molecule has 0 spiro atoms. The molecule has 20 heavy (non-hydrogen) atoms. The molecule has 0 amide bonds. The largest absolute Gasteiger partial charge is 0.486 e. The highest BCUT2D eigenvalue weighted by molar-refractivity contribution is 5.78. The lowest BCUT2D eigenvalue weighted by molar-refractivity contribution is -0.116. The summed E-state index contributed by atoms with van der Waals surface area (Å²) in [5.41, 5.74) is 3.23. The van der Waals surface area contributed by atoms with E-state index in [2.05, 4.69) is 0 Å². The molecular weight excluding hydrogens is 252 g/mol. The molecule has 102 valence electrons. The van der Waals surface area contributed by atoms with Crippen LogP contribution < -0.4 is 9.47 Å². The minimum atomic E-state index is 0.178. The van der Waals surface area contributed by atoms with E-state index >= 15 is 0 Å². The van der Waals surface area contributed by atoms with Crippen molar-refractivity contribution in [2.75, 3.05) is 13.2 Å². The van der Waals surface area contributed by atoms with Gasteiger partial charge in [0.25, 0.3) is 0 Å². The van der Waals surface area contributed by atoms with E-state index in [1.165, 1.54) is 0 Å². The van der Waals surface area contributed by atoms with Crippen LogP contribution in [0.2, 0.25) is 0 Å². The Morgan fingerprint density at radius 2 is 1.60 bits per heavy atom. The van der Waals surface area contributed by atoms with Gasteiger partial charge < -0.3 is 9.47 Å². The zero-order chi connectivity index (χ0) is 13.9. The van der Waals surface area contributed by atoms with Gasteiger partial charge in [-0.2, -0.15) is 0 Å². The third-order valence-corrected chi connectivity index (χ3v) is 3.28. The summed E-state index contributed by atoms with van der Waals surface area (Å²) in [6.07, 6.45) is 0.488. The molecule has 3 heteroatoms. The highest BCUT2D eigenvalue weighted by Gasteiger charge is 2.12. The van der Waals surface area contributed by atoms with Gasteiger partial charge in [-0.1, -0.05) is 30.3 Å². The first kappa shape index (κ1) is 12.7. The smallest absolute Gasteiger partial charge is 0.161 e. The molecule has 0 fully saturated rings. The minimum absolute atomic E-state index is 0.178. The second kappa shape index (κ2) is 5.37. The molecular formula is C17H16O3. The molecule has 1 aliphatic heterocycles. The Morgan fingerprint density at radius 1 is 0.950 bits per heavy atom. The Morgan fingerprint density at radius 3 is 2.30 bits per heavy atom. The predicted molar refractivity (Wildman–Crippen MR) is 77.3 cm³/mol. The molecule has 3 nitrogen and oxygen atoms in total. The van der Waals surface area contributed by atoms with E-state index in [1.807, 2.05) is 42.5 Å². The molecule has 1 aliphatic rings. The molecule has 3 rings (SSSR count). The third kappa shape index (κ3) is 2.67. The van der Waals surface area contributed by atoms with E-state index < -0.39 is 0 Å². The number of carbonyl (C=O) groups is 1. The number of ketones is 1. The van der Waals surface area contributed by atoms with Gasteiger partial charge in [-0.05, 0) is 35.7 Å². The minimum Gasteiger partial charge on any atom is -0.486 e. The lowest BCUT2D eigenvalue weighted by atomic mass is 10.0. The molecule has 2 aromatic carbocycles. The Balaban J connectivity index is 1.87. The SMILES string of the molecule is CC(=O)Cc1ccc(-c2ccc3c(c2)OCCO3)cc1. The maximum absolute atomic E-state index is 11.1. The molecule has 0 unspecified atom stereocenters. The van der Waals surface area contributed by atoms with Gasteiger partial charge in [0, 0.05) is 6.42 Å². The average molecular weight is 268 g/mol. The number of fused-ring (bicyclic) bond motifs is 1. The predicted octanol–water partition coefficient (Wildman–Crippen LogP) is 3.26. The summed E-state index contributed by atoms with van der Waals surface area (Å²) >= 11 is 0. The number of ether oxygens (including phenoxy) is 2. The van der Waals surface area contributed by atoms with Crippen LogP contribution in [0.1, 0.15) is 12.5 Å². The average Bonchev–Trinajstić information content (AvgIpc) is 2.47. The summed E-state index contributed by atoms with van der Waals surface area (Å²) in [6, 6.07) is 14.0. The van der Waals surface area contributed by atoms with Crippen molar-refractivity contribution in [3.8, 4) is 22.6 Å². The van der Waals surface area contributed by atoms with E-state index in [0.29, 0.717) is 19.6 Å². The zero-order valence-corrected chi connectivity index (χ0v) is 11.4. The molecule has 0 aliphatic carbocycles. The van der Waals surface area contributed by atoms with Crippen molar-refractivity contribution in [3.05, 3.63) is 48.0 Å². The van der Waals surface area contributed by atoms with Crippen molar-refractivity contribution in [1.29, 1.82) is 0 Å². The molecule has 0 aromatic heterocycles. The van der Waals surface area contributed by atoms with Crippen molar-refractivity contribution in [2.45, 2.75) is 13.3 Å². The van der Waals surface area contributed by atoms with Crippen LogP contribution in [0.15, 0.2) is 42.5 Å². The summed E-state index contributed by atoms with van der Waals surface area (Å²) < 4.78 is 11.1. The van der Waals surface area contributed by atoms with E-state index in [4.69, 9.17) is 9.47 Å². The number of hydrogen-bond acceptors (Lipinski definition) is 3. The molecule has 0 radical (unpaired) electrons. The van der Waals surface area contributed by atoms with Crippen LogP contribution in [-0.4, -0.2) is 19.0 Å². The Labute approximate surface area is 118 Å². The number of carbonyl (C=O) groups excluding carboxylic acids is 1. The molecule has 0 N–H and O–H groups in total. The Kier molecular flexibility index (Phi) is 3.42. The first-order valence-corrected chi connectivity index (χ1v) is 6.71. The summed E-state index contributed by atoms with van der Waals surface area (Å²) in [5.74, 6) is 1.77. The number of benzene rings is 2. The Hall–Kier alpha value is -2.29. The monoisotopic (exact) mass is 268 g/mol. The van der Waals surface area contributed by atoms with Gasteiger partial charge in [0.2, 0.25) is 0 Å². The number of rotatable bonds is 3. The van der Waals surface area contributed by atoms with Gasteiger partial charge in [-0.25, -0.2) is 0 Å². The molecule has 2 aromatic rings. The van der Waals surface area contributed by atoms with Crippen LogP contribution in [0, 0.1) is 0 Å². The van der Waals surface area contributed by atoms with Crippen LogP contribution in [0.5, 0.6) is 11.5 Å². The number of hydrogen-bond donors (Lipinski definition) is 0. The zero-order valence-electron chi connectivity index (χ0n) is 11.4.